The lowest BCUT2D eigenvalue weighted by Crippen LogP contribution is -2.13. The molecule has 0 bridgehead atoms. The first-order valence-corrected chi connectivity index (χ1v) is 9.17. The monoisotopic (exact) mass is 379 g/mol. The number of halogens is 1. The lowest BCUT2D eigenvalue weighted by atomic mass is 10.2. The van der Waals surface area contributed by atoms with E-state index in [2.05, 4.69) is 25.7 Å². The minimum absolute atomic E-state index is 0.0650. The number of nitrogens with one attached hydrogen (secondary N) is 1. The molecule has 130 valence electrons. The van der Waals surface area contributed by atoms with E-state index < -0.39 is 5.82 Å². The lowest BCUT2D eigenvalue weighted by molar-refractivity contribution is -0.113. The molecule has 1 N–H and O–H groups in total. The van der Waals surface area contributed by atoms with Gasteiger partial charge in [-0.25, -0.2) is 4.39 Å². The summed E-state index contributed by atoms with van der Waals surface area (Å²) < 4.78 is 19.1. The Morgan fingerprint density at radius 1 is 1.28 bits per heavy atom. The summed E-state index contributed by atoms with van der Waals surface area (Å²) >= 11 is 2.40. The molecule has 0 aliphatic rings. The number of hydrogen-bond acceptors (Lipinski definition) is 8. The zero-order chi connectivity index (χ0) is 17.8. The lowest BCUT2D eigenvalue weighted by Gasteiger charge is -1.99. The first-order chi connectivity index (χ1) is 12.0. The molecule has 3 aromatic rings. The van der Waals surface area contributed by atoms with Crippen LogP contribution in [0.15, 0.2) is 33.9 Å². The Bertz CT molecular complexity index is 880. The Morgan fingerprint density at radius 3 is 2.80 bits per heavy atom. The van der Waals surface area contributed by atoms with Crippen LogP contribution in [0.4, 0.5) is 9.52 Å². The van der Waals surface area contributed by atoms with E-state index in [1.807, 2.05) is 13.8 Å². The molecule has 0 radical (unpaired) electrons. The third-order valence-electron chi connectivity index (χ3n) is 3.02. The van der Waals surface area contributed by atoms with E-state index in [1.165, 1.54) is 17.4 Å². The second-order valence-corrected chi connectivity index (χ2v) is 7.23. The average molecular weight is 379 g/mol. The quantitative estimate of drug-likeness (QED) is 0.654. The molecule has 2 heterocycles. The van der Waals surface area contributed by atoms with Gasteiger partial charge in [0.1, 0.15) is 10.8 Å². The molecule has 1 aromatic carbocycles. The number of aromatic nitrogens is 4. The van der Waals surface area contributed by atoms with Crippen LogP contribution in [0.3, 0.4) is 0 Å². The van der Waals surface area contributed by atoms with Gasteiger partial charge in [-0.3, -0.25) is 10.1 Å². The van der Waals surface area contributed by atoms with Crippen molar-refractivity contribution in [2.24, 2.45) is 0 Å². The average Bonchev–Trinajstić information content (AvgIpc) is 3.23. The Morgan fingerprint density at radius 2 is 2.08 bits per heavy atom. The minimum Gasteiger partial charge on any atom is -0.411 e. The van der Waals surface area contributed by atoms with Gasteiger partial charge < -0.3 is 4.42 Å². The van der Waals surface area contributed by atoms with Gasteiger partial charge in [0, 0.05) is 5.92 Å². The maximum absolute atomic E-state index is 13.7. The summed E-state index contributed by atoms with van der Waals surface area (Å²) in [7, 11) is 0. The zero-order valence-electron chi connectivity index (χ0n) is 13.4. The first kappa shape index (κ1) is 17.5. The number of nitrogens with zero attached hydrogens (tertiary/aromatic N) is 4. The van der Waals surface area contributed by atoms with E-state index in [0.717, 1.165) is 16.8 Å². The van der Waals surface area contributed by atoms with E-state index in [-0.39, 0.29) is 34.3 Å². The van der Waals surface area contributed by atoms with Crippen LogP contribution in [0.5, 0.6) is 0 Å². The summed E-state index contributed by atoms with van der Waals surface area (Å²) in [6, 6.07) is 6.11. The van der Waals surface area contributed by atoms with Crippen molar-refractivity contribution < 1.29 is 13.6 Å². The molecular weight excluding hydrogens is 365 g/mol. The number of carbonyl (C=O) groups is 1. The number of hydrogen-bond donors (Lipinski definition) is 1. The van der Waals surface area contributed by atoms with E-state index in [1.54, 1.807) is 18.2 Å². The smallest absolute Gasteiger partial charge is 0.277 e. The highest BCUT2D eigenvalue weighted by Crippen LogP contribution is 2.26. The standard InChI is InChI=1S/C15H14FN5O2S2/c1-8(2)13-19-20-14(25-13)17-11(22)7-24-15-21-18-12(23-15)9-5-3-4-6-10(9)16/h3-6,8H,7H2,1-2H3,(H,17,20,22). The van der Waals surface area contributed by atoms with Crippen molar-refractivity contribution in [2.45, 2.75) is 25.0 Å². The Kier molecular flexibility index (Phi) is 5.39. The predicted octanol–water partition coefficient (Wildman–Crippen LogP) is 3.58. The number of thioether (sulfide) groups is 1. The van der Waals surface area contributed by atoms with E-state index in [9.17, 15) is 9.18 Å². The second kappa shape index (κ2) is 7.70. The highest BCUT2D eigenvalue weighted by atomic mass is 32.2. The van der Waals surface area contributed by atoms with Crippen LogP contribution in [-0.4, -0.2) is 32.1 Å². The van der Waals surface area contributed by atoms with Crippen molar-refractivity contribution in [1.82, 2.24) is 20.4 Å². The molecule has 0 aliphatic heterocycles. The van der Waals surface area contributed by atoms with Crippen LogP contribution >= 0.6 is 23.1 Å². The molecule has 0 aliphatic carbocycles. The van der Waals surface area contributed by atoms with Crippen molar-refractivity contribution in [3.63, 3.8) is 0 Å². The fourth-order valence-corrected chi connectivity index (χ4v) is 3.14. The summed E-state index contributed by atoms with van der Waals surface area (Å²) in [6.07, 6.45) is 0. The topological polar surface area (TPSA) is 93.8 Å². The van der Waals surface area contributed by atoms with Crippen LogP contribution in [0.25, 0.3) is 11.5 Å². The Hall–Kier alpha value is -2.33. The summed E-state index contributed by atoms with van der Waals surface area (Å²) in [4.78, 5) is 12.0. The van der Waals surface area contributed by atoms with E-state index >= 15 is 0 Å². The van der Waals surface area contributed by atoms with Crippen molar-refractivity contribution >= 4 is 34.1 Å². The van der Waals surface area contributed by atoms with Gasteiger partial charge in [0.15, 0.2) is 0 Å². The fourth-order valence-electron chi connectivity index (χ4n) is 1.81. The van der Waals surface area contributed by atoms with Gasteiger partial charge in [0.05, 0.1) is 11.3 Å². The Labute approximate surface area is 151 Å². The maximum Gasteiger partial charge on any atom is 0.277 e. The van der Waals surface area contributed by atoms with E-state index in [0.29, 0.717) is 5.13 Å². The van der Waals surface area contributed by atoms with Crippen molar-refractivity contribution in [3.8, 4) is 11.5 Å². The molecule has 0 atom stereocenters. The number of rotatable bonds is 6. The third kappa shape index (κ3) is 4.40. The molecule has 0 saturated carbocycles. The molecule has 2 aromatic heterocycles. The van der Waals surface area contributed by atoms with Gasteiger partial charge in [-0.1, -0.05) is 49.1 Å². The molecule has 10 heteroatoms. The highest BCUT2D eigenvalue weighted by molar-refractivity contribution is 7.99. The minimum atomic E-state index is -0.447. The number of benzene rings is 1. The van der Waals surface area contributed by atoms with Crippen molar-refractivity contribution in [3.05, 3.63) is 35.1 Å². The van der Waals surface area contributed by atoms with Gasteiger partial charge in [-0.05, 0) is 12.1 Å². The largest absolute Gasteiger partial charge is 0.411 e. The van der Waals surface area contributed by atoms with Crippen LogP contribution < -0.4 is 5.32 Å². The predicted molar refractivity (Wildman–Crippen MR) is 93.0 cm³/mol. The number of carbonyl (C=O) groups excluding carboxylic acids is 1. The summed E-state index contributed by atoms with van der Waals surface area (Å²) in [5, 5.41) is 19.7. The Balaban J connectivity index is 1.56. The van der Waals surface area contributed by atoms with Crippen LogP contribution in [0.2, 0.25) is 0 Å². The molecule has 25 heavy (non-hydrogen) atoms. The molecule has 0 saturated heterocycles. The molecule has 3 rings (SSSR count). The van der Waals surface area contributed by atoms with Crippen LogP contribution in [-0.2, 0) is 4.79 Å². The molecule has 0 fully saturated rings. The van der Waals surface area contributed by atoms with Crippen LogP contribution in [0, 0.1) is 5.82 Å². The summed E-state index contributed by atoms with van der Waals surface area (Å²) in [5.74, 6) is -0.311. The van der Waals surface area contributed by atoms with Gasteiger partial charge in [-0.2, -0.15) is 0 Å². The zero-order valence-corrected chi connectivity index (χ0v) is 15.0. The summed E-state index contributed by atoms with van der Waals surface area (Å²) in [5.41, 5.74) is 0.223. The summed E-state index contributed by atoms with van der Waals surface area (Å²) in [6.45, 7) is 4.01. The molecule has 1 amide bonds. The highest BCUT2D eigenvalue weighted by Gasteiger charge is 2.15. The maximum atomic E-state index is 13.7. The van der Waals surface area contributed by atoms with Gasteiger partial charge in [-0.15, -0.1) is 20.4 Å². The molecule has 7 nitrogen and oxygen atoms in total. The van der Waals surface area contributed by atoms with Gasteiger partial charge in [0.2, 0.25) is 11.0 Å². The van der Waals surface area contributed by atoms with Crippen molar-refractivity contribution in [1.29, 1.82) is 0 Å². The van der Waals surface area contributed by atoms with Crippen molar-refractivity contribution in [2.75, 3.05) is 11.1 Å². The van der Waals surface area contributed by atoms with Gasteiger partial charge >= 0.3 is 0 Å². The second-order valence-electron chi connectivity index (χ2n) is 5.29. The first-order valence-electron chi connectivity index (χ1n) is 7.37. The molecule has 0 unspecified atom stereocenters. The van der Waals surface area contributed by atoms with Gasteiger partial charge in [0.25, 0.3) is 11.1 Å². The molecular formula is C15H14FN5O2S2. The third-order valence-corrected chi connectivity index (χ3v) is 4.98. The number of amides is 1. The SMILES string of the molecule is CC(C)c1nnc(NC(=O)CSc2nnc(-c3ccccc3F)o2)s1. The number of anilines is 1. The van der Waals surface area contributed by atoms with Crippen LogP contribution in [0.1, 0.15) is 24.8 Å². The fraction of sp³-hybridized carbons (Fsp3) is 0.267. The molecule has 0 spiro atoms. The normalized spacial score (nSPS) is 11.0. The van der Waals surface area contributed by atoms with E-state index in [4.69, 9.17) is 4.42 Å².